The molecule has 1 aromatic rings. The highest BCUT2D eigenvalue weighted by molar-refractivity contribution is 5.85. The number of halogens is 1. The lowest BCUT2D eigenvalue weighted by atomic mass is 10.3. The molecule has 0 spiro atoms. The molecule has 0 saturated carbocycles. The summed E-state index contributed by atoms with van der Waals surface area (Å²) in [7, 11) is 0. The molecule has 1 aromatic heterocycles. The van der Waals surface area contributed by atoms with Gasteiger partial charge in [-0.3, -0.25) is 4.98 Å². The van der Waals surface area contributed by atoms with Gasteiger partial charge < -0.3 is 10.1 Å². The highest BCUT2D eigenvalue weighted by Crippen LogP contribution is 2.24. The van der Waals surface area contributed by atoms with Crippen LogP contribution in [0.1, 0.15) is 0 Å². The number of hydrogen-bond acceptors (Lipinski definition) is 3. The van der Waals surface area contributed by atoms with Gasteiger partial charge in [0.15, 0.2) is 5.75 Å². The first-order chi connectivity index (χ1) is 4.97. The standard InChI is InChI=1S/C7H8N2O.ClH/c1-2-8-5-7-6(1)9-3-4-10-7;/h1-2,5,9H,3-4H2;1H. The number of rotatable bonds is 0. The smallest absolute Gasteiger partial charge is 0.160 e. The number of fused-ring (bicyclic) bond motifs is 1. The Labute approximate surface area is 71.2 Å². The lowest BCUT2D eigenvalue weighted by Crippen LogP contribution is -2.17. The fourth-order valence-electron chi connectivity index (χ4n) is 0.988. The number of pyridine rings is 1. The first-order valence-corrected chi connectivity index (χ1v) is 3.27. The lowest BCUT2D eigenvalue weighted by molar-refractivity contribution is 0.322. The largest absolute Gasteiger partial charge is 0.488 e. The van der Waals surface area contributed by atoms with E-state index in [2.05, 4.69) is 10.3 Å². The monoisotopic (exact) mass is 172 g/mol. The van der Waals surface area contributed by atoms with Crippen molar-refractivity contribution in [2.45, 2.75) is 0 Å². The Kier molecular flexibility index (Phi) is 2.54. The van der Waals surface area contributed by atoms with Gasteiger partial charge in [-0.05, 0) is 6.07 Å². The van der Waals surface area contributed by atoms with Crippen LogP contribution >= 0.6 is 12.4 Å². The second kappa shape index (κ2) is 3.44. The summed E-state index contributed by atoms with van der Waals surface area (Å²) < 4.78 is 5.30. The molecule has 11 heavy (non-hydrogen) atoms. The van der Waals surface area contributed by atoms with Crippen molar-refractivity contribution in [2.24, 2.45) is 0 Å². The number of hydrogen-bond donors (Lipinski definition) is 1. The van der Waals surface area contributed by atoms with Gasteiger partial charge in [0.1, 0.15) is 6.61 Å². The summed E-state index contributed by atoms with van der Waals surface area (Å²) in [5, 5.41) is 3.20. The third-order valence-electron chi connectivity index (χ3n) is 1.46. The molecule has 2 rings (SSSR count). The predicted molar refractivity (Wildman–Crippen MR) is 45.5 cm³/mol. The highest BCUT2D eigenvalue weighted by atomic mass is 35.5. The van der Waals surface area contributed by atoms with Crippen LogP contribution in [0.15, 0.2) is 18.5 Å². The van der Waals surface area contributed by atoms with Crippen LogP contribution in [-0.4, -0.2) is 18.1 Å². The zero-order chi connectivity index (χ0) is 6.81. The van der Waals surface area contributed by atoms with Crippen LogP contribution in [0, 0.1) is 0 Å². The zero-order valence-corrected chi connectivity index (χ0v) is 6.73. The molecule has 0 saturated heterocycles. The van der Waals surface area contributed by atoms with Crippen molar-refractivity contribution >= 4 is 18.1 Å². The van der Waals surface area contributed by atoms with Crippen LogP contribution in [0.4, 0.5) is 5.69 Å². The van der Waals surface area contributed by atoms with E-state index in [1.54, 1.807) is 12.4 Å². The molecule has 0 bridgehead atoms. The number of anilines is 1. The van der Waals surface area contributed by atoms with Crippen LogP contribution in [0.5, 0.6) is 5.75 Å². The summed E-state index contributed by atoms with van der Waals surface area (Å²) in [6.45, 7) is 1.62. The Morgan fingerprint density at radius 3 is 3.27 bits per heavy atom. The molecule has 0 aromatic carbocycles. The quantitative estimate of drug-likeness (QED) is 0.641. The summed E-state index contributed by atoms with van der Waals surface area (Å²) in [5.41, 5.74) is 1.04. The van der Waals surface area contributed by atoms with Crippen molar-refractivity contribution in [3.8, 4) is 5.75 Å². The predicted octanol–water partition coefficient (Wildman–Crippen LogP) is 1.31. The van der Waals surface area contributed by atoms with E-state index in [-0.39, 0.29) is 12.4 Å². The fraction of sp³-hybridized carbons (Fsp3) is 0.286. The molecular weight excluding hydrogens is 164 g/mol. The third-order valence-corrected chi connectivity index (χ3v) is 1.46. The first-order valence-electron chi connectivity index (χ1n) is 3.27. The summed E-state index contributed by atoms with van der Waals surface area (Å²) in [4.78, 5) is 3.93. The van der Waals surface area contributed by atoms with Crippen molar-refractivity contribution < 1.29 is 4.74 Å². The van der Waals surface area contributed by atoms with Gasteiger partial charge in [-0.2, -0.15) is 0 Å². The van der Waals surface area contributed by atoms with Gasteiger partial charge in [0.2, 0.25) is 0 Å². The minimum atomic E-state index is 0. The number of nitrogens with one attached hydrogen (secondary N) is 1. The van der Waals surface area contributed by atoms with Crippen molar-refractivity contribution in [2.75, 3.05) is 18.5 Å². The minimum Gasteiger partial charge on any atom is -0.488 e. The topological polar surface area (TPSA) is 34.1 Å². The Hall–Kier alpha value is -0.960. The van der Waals surface area contributed by atoms with E-state index < -0.39 is 0 Å². The molecule has 4 heteroatoms. The van der Waals surface area contributed by atoms with E-state index in [4.69, 9.17) is 4.74 Å². The van der Waals surface area contributed by atoms with E-state index >= 15 is 0 Å². The van der Waals surface area contributed by atoms with E-state index in [9.17, 15) is 0 Å². The van der Waals surface area contributed by atoms with Gasteiger partial charge in [-0.15, -0.1) is 12.4 Å². The van der Waals surface area contributed by atoms with E-state index in [1.807, 2.05) is 6.07 Å². The molecule has 1 aliphatic rings. The highest BCUT2D eigenvalue weighted by Gasteiger charge is 2.06. The van der Waals surface area contributed by atoms with Crippen LogP contribution < -0.4 is 10.1 Å². The summed E-state index contributed by atoms with van der Waals surface area (Å²) in [6.07, 6.45) is 3.47. The van der Waals surface area contributed by atoms with Gasteiger partial charge in [-0.1, -0.05) is 0 Å². The van der Waals surface area contributed by atoms with Gasteiger partial charge in [0.05, 0.1) is 11.9 Å². The molecule has 0 amide bonds. The third kappa shape index (κ3) is 1.54. The van der Waals surface area contributed by atoms with Crippen LogP contribution in [0.25, 0.3) is 0 Å². The number of ether oxygens (including phenoxy) is 1. The molecule has 1 aliphatic heterocycles. The van der Waals surface area contributed by atoms with E-state index in [1.165, 1.54) is 0 Å². The maximum Gasteiger partial charge on any atom is 0.160 e. The van der Waals surface area contributed by atoms with Crippen molar-refractivity contribution in [1.82, 2.24) is 4.98 Å². The number of aromatic nitrogens is 1. The van der Waals surface area contributed by atoms with Gasteiger partial charge in [-0.25, -0.2) is 0 Å². The molecule has 0 atom stereocenters. The average Bonchev–Trinajstić information content (AvgIpc) is 2.05. The molecule has 0 unspecified atom stereocenters. The second-order valence-corrected chi connectivity index (χ2v) is 2.15. The van der Waals surface area contributed by atoms with Crippen LogP contribution in [-0.2, 0) is 0 Å². The van der Waals surface area contributed by atoms with Crippen LogP contribution in [0.3, 0.4) is 0 Å². The van der Waals surface area contributed by atoms with Crippen molar-refractivity contribution in [1.29, 1.82) is 0 Å². The SMILES string of the molecule is Cl.c1cc2c(cn1)OCCN2. The fourth-order valence-corrected chi connectivity index (χ4v) is 0.988. The molecule has 0 radical (unpaired) electrons. The first kappa shape index (κ1) is 8.14. The van der Waals surface area contributed by atoms with Crippen LogP contribution in [0.2, 0.25) is 0 Å². The zero-order valence-electron chi connectivity index (χ0n) is 5.91. The van der Waals surface area contributed by atoms with Crippen molar-refractivity contribution in [3.63, 3.8) is 0 Å². The molecule has 1 N–H and O–H groups in total. The normalized spacial score (nSPS) is 13.5. The maximum atomic E-state index is 5.30. The molecule has 2 heterocycles. The van der Waals surface area contributed by atoms with Gasteiger partial charge in [0, 0.05) is 12.7 Å². The molecule has 60 valence electrons. The van der Waals surface area contributed by atoms with E-state index in [0.29, 0.717) is 0 Å². The Morgan fingerprint density at radius 2 is 2.45 bits per heavy atom. The summed E-state index contributed by atoms with van der Waals surface area (Å²) in [6, 6.07) is 1.91. The average molecular weight is 173 g/mol. The Bertz CT molecular complexity index is 217. The lowest BCUT2D eigenvalue weighted by Gasteiger charge is -2.17. The van der Waals surface area contributed by atoms with Gasteiger partial charge >= 0.3 is 0 Å². The minimum absolute atomic E-state index is 0. The summed E-state index contributed by atoms with van der Waals surface area (Å²) in [5.74, 6) is 0.855. The Morgan fingerprint density at radius 1 is 1.55 bits per heavy atom. The Balaban J connectivity index is 0.000000605. The molecule has 0 fully saturated rings. The van der Waals surface area contributed by atoms with E-state index in [0.717, 1.165) is 24.6 Å². The molecular formula is C7H9ClN2O. The summed E-state index contributed by atoms with van der Waals surface area (Å²) >= 11 is 0. The van der Waals surface area contributed by atoms with Gasteiger partial charge in [0.25, 0.3) is 0 Å². The van der Waals surface area contributed by atoms with Crippen molar-refractivity contribution in [3.05, 3.63) is 18.5 Å². The molecule has 0 aliphatic carbocycles. The second-order valence-electron chi connectivity index (χ2n) is 2.15. The number of nitrogens with zero attached hydrogens (tertiary/aromatic N) is 1. The maximum absolute atomic E-state index is 5.30. The molecule has 3 nitrogen and oxygen atoms in total.